The highest BCUT2D eigenvalue weighted by Gasteiger charge is 2.39. The van der Waals surface area contributed by atoms with Crippen LogP contribution in [0, 0.1) is 16.7 Å². The molecular weight excluding hydrogens is 615 g/mol. The first kappa shape index (κ1) is 39.6. The number of benzene rings is 2. The van der Waals surface area contributed by atoms with Gasteiger partial charge in [-0.05, 0) is 70.5 Å². The topological polar surface area (TPSA) is 68.1 Å². The van der Waals surface area contributed by atoms with Crippen LogP contribution in [0.4, 0.5) is 0 Å². The molecule has 0 fully saturated rings. The molecule has 3 aromatic rings. The molecule has 272 valence electrons. The van der Waals surface area contributed by atoms with Crippen molar-refractivity contribution in [3.63, 3.8) is 0 Å². The first-order valence-corrected chi connectivity index (χ1v) is 19.0. The molecule has 1 aromatic heterocycles. The number of allylic oxidation sites excluding steroid dienone is 2. The molecule has 50 heavy (non-hydrogen) atoms. The molecule has 5 nitrogen and oxygen atoms in total. The molecule has 2 atom stereocenters. The summed E-state index contributed by atoms with van der Waals surface area (Å²) in [4.78, 5) is 15.1. The number of hydrogen-bond donors (Lipinski definition) is 1. The fourth-order valence-electron chi connectivity index (χ4n) is 8.11. The SMILES string of the molecule is CCC(CC)CCCOC1(O)C=CC=CC1c1nc(-c2ccc(C(C)(C)CC(C)(C)C)cc2)nc(-c2ccc(C(C)(C)CC(C)(C)C)cc2)n1. The molecule has 4 rings (SSSR count). The molecule has 2 aromatic carbocycles. The van der Waals surface area contributed by atoms with Gasteiger partial charge in [0.1, 0.15) is 5.82 Å². The molecule has 1 N–H and O–H groups in total. The molecule has 0 saturated heterocycles. The van der Waals surface area contributed by atoms with E-state index in [1.807, 2.05) is 18.2 Å². The van der Waals surface area contributed by atoms with E-state index >= 15 is 0 Å². The van der Waals surface area contributed by atoms with Crippen LogP contribution in [0.2, 0.25) is 0 Å². The summed E-state index contributed by atoms with van der Waals surface area (Å²) in [6.45, 7) is 28.0. The number of aliphatic hydroxyl groups is 1. The molecule has 1 aliphatic rings. The van der Waals surface area contributed by atoms with Crippen molar-refractivity contribution in [2.45, 2.75) is 144 Å². The van der Waals surface area contributed by atoms with Gasteiger partial charge in [-0.15, -0.1) is 0 Å². The molecule has 1 aliphatic carbocycles. The van der Waals surface area contributed by atoms with Gasteiger partial charge < -0.3 is 9.84 Å². The van der Waals surface area contributed by atoms with E-state index in [0.717, 1.165) is 49.7 Å². The third-order valence-corrected chi connectivity index (χ3v) is 10.2. The lowest BCUT2D eigenvalue weighted by Gasteiger charge is -2.33. The number of aromatic nitrogens is 3. The molecule has 2 unspecified atom stereocenters. The van der Waals surface area contributed by atoms with Gasteiger partial charge in [-0.25, -0.2) is 15.0 Å². The second kappa shape index (κ2) is 15.6. The average molecular weight is 680 g/mol. The number of nitrogens with zero attached hydrogens (tertiary/aromatic N) is 3. The van der Waals surface area contributed by atoms with Crippen molar-refractivity contribution in [2.24, 2.45) is 16.7 Å². The van der Waals surface area contributed by atoms with Crippen molar-refractivity contribution in [3.05, 3.63) is 89.8 Å². The van der Waals surface area contributed by atoms with Gasteiger partial charge >= 0.3 is 0 Å². The summed E-state index contributed by atoms with van der Waals surface area (Å²) in [7, 11) is 0. The summed E-state index contributed by atoms with van der Waals surface area (Å²) in [5.41, 5.74) is 4.88. The number of hydrogen-bond acceptors (Lipinski definition) is 5. The monoisotopic (exact) mass is 680 g/mol. The predicted molar refractivity (Wildman–Crippen MR) is 210 cm³/mol. The lowest BCUT2D eigenvalue weighted by molar-refractivity contribution is -0.177. The van der Waals surface area contributed by atoms with Crippen LogP contribution in [0.3, 0.4) is 0 Å². The van der Waals surface area contributed by atoms with E-state index in [0.29, 0.717) is 30.0 Å². The second-order valence-electron chi connectivity index (χ2n) is 18.4. The van der Waals surface area contributed by atoms with E-state index < -0.39 is 11.7 Å². The van der Waals surface area contributed by atoms with Gasteiger partial charge in [0.05, 0.1) is 12.5 Å². The largest absolute Gasteiger partial charge is 0.361 e. The Bertz CT molecular complexity index is 1510. The summed E-state index contributed by atoms with van der Waals surface area (Å²) in [5, 5.41) is 12.0. The minimum atomic E-state index is -1.56. The van der Waals surface area contributed by atoms with Crippen molar-refractivity contribution >= 4 is 0 Å². The zero-order chi connectivity index (χ0) is 37.0. The van der Waals surface area contributed by atoms with Crippen LogP contribution in [0.5, 0.6) is 0 Å². The first-order valence-electron chi connectivity index (χ1n) is 19.0. The van der Waals surface area contributed by atoms with Crippen molar-refractivity contribution in [3.8, 4) is 22.8 Å². The van der Waals surface area contributed by atoms with Gasteiger partial charge in [0, 0.05) is 11.1 Å². The predicted octanol–water partition coefficient (Wildman–Crippen LogP) is 11.8. The molecule has 5 heteroatoms. The third kappa shape index (κ3) is 10.4. The van der Waals surface area contributed by atoms with Crippen molar-refractivity contribution < 1.29 is 9.84 Å². The summed E-state index contributed by atoms with van der Waals surface area (Å²) >= 11 is 0. The summed E-state index contributed by atoms with van der Waals surface area (Å²) in [6.07, 6.45) is 13.9. The van der Waals surface area contributed by atoms with Crippen LogP contribution < -0.4 is 0 Å². The first-order chi connectivity index (χ1) is 23.3. The minimum Gasteiger partial charge on any atom is -0.361 e. The highest BCUT2D eigenvalue weighted by Crippen LogP contribution is 2.39. The summed E-state index contributed by atoms with van der Waals surface area (Å²) < 4.78 is 6.27. The van der Waals surface area contributed by atoms with Crippen LogP contribution in [0.15, 0.2) is 72.8 Å². The Kier molecular flexibility index (Phi) is 12.4. The standard InChI is InChI=1S/C45H65N3O2/c1-13-32(14-2)18-17-29-50-45(49)28-16-15-19-37(45)40-47-38(33-20-24-35(25-21-33)43(9,10)30-41(3,4)5)46-39(48-40)34-22-26-36(27-23-34)44(11,12)31-42(6,7)8/h15-16,19-28,32,37,49H,13-14,17-18,29-31H2,1-12H3. The van der Waals surface area contributed by atoms with Crippen LogP contribution in [0.1, 0.15) is 144 Å². The zero-order valence-electron chi connectivity index (χ0n) is 33.2. The third-order valence-electron chi connectivity index (χ3n) is 10.2. The van der Waals surface area contributed by atoms with E-state index in [1.54, 1.807) is 6.08 Å². The Morgan fingerprint density at radius 3 is 1.56 bits per heavy atom. The Balaban J connectivity index is 1.74. The molecule has 0 spiro atoms. The van der Waals surface area contributed by atoms with Crippen molar-refractivity contribution in [1.29, 1.82) is 0 Å². The fourth-order valence-corrected chi connectivity index (χ4v) is 8.11. The molecule has 0 bridgehead atoms. The van der Waals surface area contributed by atoms with E-state index in [9.17, 15) is 5.11 Å². The van der Waals surface area contributed by atoms with Gasteiger partial charge in [0.15, 0.2) is 17.4 Å². The summed E-state index contributed by atoms with van der Waals surface area (Å²) in [5.74, 6) is 0.191. The number of ether oxygens (including phenoxy) is 1. The van der Waals surface area contributed by atoms with Gasteiger partial charge in [0.25, 0.3) is 0 Å². The molecule has 0 aliphatic heterocycles. The maximum absolute atomic E-state index is 12.0. The molecule has 0 radical (unpaired) electrons. The lowest BCUT2D eigenvalue weighted by atomic mass is 9.72. The van der Waals surface area contributed by atoms with E-state index in [2.05, 4.69) is 132 Å². The zero-order valence-corrected chi connectivity index (χ0v) is 33.2. The smallest absolute Gasteiger partial charge is 0.199 e. The average Bonchev–Trinajstić information content (AvgIpc) is 3.03. The molecule has 0 amide bonds. The highest BCUT2D eigenvalue weighted by atomic mass is 16.6. The van der Waals surface area contributed by atoms with Crippen LogP contribution >= 0.6 is 0 Å². The van der Waals surface area contributed by atoms with E-state index in [4.69, 9.17) is 19.7 Å². The van der Waals surface area contributed by atoms with E-state index in [1.165, 1.54) is 11.1 Å². The summed E-state index contributed by atoms with van der Waals surface area (Å²) in [6, 6.07) is 17.3. The van der Waals surface area contributed by atoms with Crippen molar-refractivity contribution in [1.82, 2.24) is 15.0 Å². The number of rotatable bonds is 14. The minimum absolute atomic E-state index is 0.0239. The molecule has 0 saturated carbocycles. The quantitative estimate of drug-likeness (QED) is 0.136. The van der Waals surface area contributed by atoms with Gasteiger partial charge in [-0.2, -0.15) is 0 Å². The van der Waals surface area contributed by atoms with E-state index in [-0.39, 0.29) is 21.7 Å². The van der Waals surface area contributed by atoms with Crippen molar-refractivity contribution in [2.75, 3.05) is 6.61 Å². The Morgan fingerprint density at radius 2 is 1.14 bits per heavy atom. The van der Waals surface area contributed by atoms with Crippen LogP contribution in [-0.4, -0.2) is 32.5 Å². The van der Waals surface area contributed by atoms with Gasteiger partial charge in [0.2, 0.25) is 0 Å². The van der Waals surface area contributed by atoms with Crippen LogP contribution in [-0.2, 0) is 15.6 Å². The Labute approximate surface area is 304 Å². The lowest BCUT2D eigenvalue weighted by Crippen LogP contribution is -2.39. The second-order valence-corrected chi connectivity index (χ2v) is 18.4. The van der Waals surface area contributed by atoms with Gasteiger partial charge in [-0.1, -0.05) is 163 Å². The molecular formula is C45H65N3O2. The Morgan fingerprint density at radius 1 is 0.680 bits per heavy atom. The van der Waals surface area contributed by atoms with Gasteiger partial charge in [-0.3, -0.25) is 0 Å². The molecule has 1 heterocycles. The van der Waals surface area contributed by atoms with Crippen LogP contribution in [0.25, 0.3) is 22.8 Å². The fraction of sp³-hybridized carbons (Fsp3) is 0.578. The maximum atomic E-state index is 12.0. The Hall–Kier alpha value is -3.15. The maximum Gasteiger partial charge on any atom is 0.199 e. The normalized spacial score (nSPS) is 18.6. The highest BCUT2D eigenvalue weighted by molar-refractivity contribution is 5.62.